The van der Waals surface area contributed by atoms with Gasteiger partial charge in [0.15, 0.2) is 0 Å². The molecule has 0 amide bonds. The van der Waals surface area contributed by atoms with E-state index in [1.807, 2.05) is 0 Å². The average molecular weight is 202 g/mol. The minimum Gasteiger partial charge on any atom is -0.303 e. The fourth-order valence-corrected chi connectivity index (χ4v) is 1.16. The molecule has 0 radical (unpaired) electrons. The van der Waals surface area contributed by atoms with Gasteiger partial charge in [0.05, 0.1) is 5.56 Å². The number of aryl methyl sites for hydroxylation is 1. The maximum atomic E-state index is 12.3. The Labute approximate surface area is 79.5 Å². The second-order valence-electron chi connectivity index (χ2n) is 3.01. The quantitative estimate of drug-likeness (QED) is 0.674. The zero-order valence-electron chi connectivity index (χ0n) is 7.56. The van der Waals surface area contributed by atoms with Crippen LogP contribution in [0.15, 0.2) is 18.2 Å². The molecule has 0 bridgehead atoms. The van der Waals surface area contributed by atoms with Crippen molar-refractivity contribution < 1.29 is 18.0 Å². The lowest BCUT2D eigenvalue weighted by molar-refractivity contribution is -0.137. The van der Waals surface area contributed by atoms with Gasteiger partial charge in [-0.2, -0.15) is 13.2 Å². The molecular formula is C10H9F3O. The second kappa shape index (κ2) is 3.82. The Morgan fingerprint density at radius 3 is 2.50 bits per heavy atom. The van der Waals surface area contributed by atoms with Crippen LogP contribution in [0.3, 0.4) is 0 Å². The van der Waals surface area contributed by atoms with Crippen LogP contribution in [0.25, 0.3) is 0 Å². The second-order valence-corrected chi connectivity index (χ2v) is 3.01. The first-order valence-electron chi connectivity index (χ1n) is 4.05. The number of hydrogen-bond acceptors (Lipinski definition) is 1. The molecule has 0 aliphatic heterocycles. The molecule has 0 atom stereocenters. The highest BCUT2D eigenvalue weighted by Crippen LogP contribution is 2.30. The monoisotopic (exact) mass is 202 g/mol. The van der Waals surface area contributed by atoms with Crippen LogP contribution in [0.2, 0.25) is 0 Å². The number of carbonyl (C=O) groups is 1. The lowest BCUT2D eigenvalue weighted by Gasteiger charge is -2.09. The highest BCUT2D eigenvalue weighted by molar-refractivity contribution is 5.56. The Morgan fingerprint density at radius 2 is 2.00 bits per heavy atom. The third-order valence-electron chi connectivity index (χ3n) is 1.98. The Bertz CT molecular complexity index is 342. The Balaban J connectivity index is 3.12. The average Bonchev–Trinajstić information content (AvgIpc) is 2.07. The van der Waals surface area contributed by atoms with Crippen LogP contribution >= 0.6 is 0 Å². The van der Waals surface area contributed by atoms with Crippen LogP contribution < -0.4 is 0 Å². The molecule has 1 nitrogen and oxygen atoms in total. The molecule has 0 aliphatic carbocycles. The van der Waals surface area contributed by atoms with Gasteiger partial charge in [0.1, 0.15) is 6.29 Å². The van der Waals surface area contributed by atoms with Crippen LogP contribution in [0.4, 0.5) is 13.2 Å². The lowest BCUT2D eigenvalue weighted by Crippen LogP contribution is -2.06. The van der Waals surface area contributed by atoms with Crippen molar-refractivity contribution in [2.45, 2.75) is 19.5 Å². The molecule has 0 aromatic heterocycles. The van der Waals surface area contributed by atoms with Crippen molar-refractivity contribution in [1.29, 1.82) is 0 Å². The van der Waals surface area contributed by atoms with E-state index in [1.165, 1.54) is 6.07 Å². The number of carbonyl (C=O) groups excluding carboxylic acids is 1. The van der Waals surface area contributed by atoms with Crippen LogP contribution in [0, 0.1) is 6.92 Å². The highest BCUT2D eigenvalue weighted by Gasteiger charge is 2.30. The summed E-state index contributed by atoms with van der Waals surface area (Å²) < 4.78 is 36.8. The molecular weight excluding hydrogens is 193 g/mol. The van der Waals surface area contributed by atoms with E-state index >= 15 is 0 Å². The Morgan fingerprint density at radius 1 is 1.36 bits per heavy atom. The van der Waals surface area contributed by atoms with E-state index in [2.05, 4.69) is 0 Å². The maximum Gasteiger partial charge on any atom is 0.416 e. The maximum absolute atomic E-state index is 12.3. The van der Waals surface area contributed by atoms with Gasteiger partial charge in [-0.05, 0) is 30.2 Å². The molecule has 14 heavy (non-hydrogen) atoms. The largest absolute Gasteiger partial charge is 0.416 e. The standard InChI is InChI=1S/C10H9F3O/c1-7-2-3-9(10(11,12)13)6-8(7)4-5-14/h2-3,5-6H,4H2,1H3. The van der Waals surface area contributed by atoms with Crippen molar-refractivity contribution in [3.8, 4) is 0 Å². The van der Waals surface area contributed by atoms with Crippen LogP contribution in [-0.2, 0) is 17.4 Å². The van der Waals surface area contributed by atoms with Gasteiger partial charge in [0.25, 0.3) is 0 Å². The number of alkyl halides is 3. The van der Waals surface area contributed by atoms with Crippen molar-refractivity contribution in [2.75, 3.05) is 0 Å². The molecule has 0 aliphatic rings. The van der Waals surface area contributed by atoms with E-state index in [-0.39, 0.29) is 6.42 Å². The van der Waals surface area contributed by atoms with E-state index in [1.54, 1.807) is 6.92 Å². The molecule has 76 valence electrons. The molecule has 0 spiro atoms. The van der Waals surface area contributed by atoms with Gasteiger partial charge in [0, 0.05) is 6.42 Å². The summed E-state index contributed by atoms with van der Waals surface area (Å²) in [5.74, 6) is 0. The van der Waals surface area contributed by atoms with Crippen LogP contribution in [0.1, 0.15) is 16.7 Å². The lowest BCUT2D eigenvalue weighted by atomic mass is 10.0. The summed E-state index contributed by atoms with van der Waals surface area (Å²) in [4.78, 5) is 10.2. The number of rotatable bonds is 2. The third kappa shape index (κ3) is 2.34. The SMILES string of the molecule is Cc1ccc(C(F)(F)F)cc1CC=O. The number of hydrogen-bond donors (Lipinski definition) is 0. The zero-order valence-corrected chi connectivity index (χ0v) is 7.56. The highest BCUT2D eigenvalue weighted by atomic mass is 19.4. The van der Waals surface area contributed by atoms with Crippen molar-refractivity contribution >= 4 is 6.29 Å². The fraction of sp³-hybridized carbons (Fsp3) is 0.300. The van der Waals surface area contributed by atoms with Crippen molar-refractivity contribution in [2.24, 2.45) is 0 Å². The van der Waals surface area contributed by atoms with Crippen LogP contribution in [0.5, 0.6) is 0 Å². The normalized spacial score (nSPS) is 11.4. The van der Waals surface area contributed by atoms with Gasteiger partial charge in [-0.3, -0.25) is 0 Å². The van der Waals surface area contributed by atoms with Gasteiger partial charge in [-0.1, -0.05) is 6.07 Å². The molecule has 0 fully saturated rings. The molecule has 0 heterocycles. The molecule has 0 saturated heterocycles. The van der Waals surface area contributed by atoms with E-state index in [9.17, 15) is 18.0 Å². The number of aldehydes is 1. The van der Waals surface area contributed by atoms with Crippen molar-refractivity contribution in [3.05, 3.63) is 34.9 Å². The molecule has 1 rings (SSSR count). The zero-order chi connectivity index (χ0) is 10.8. The fourth-order valence-electron chi connectivity index (χ4n) is 1.16. The molecule has 4 heteroatoms. The summed E-state index contributed by atoms with van der Waals surface area (Å²) >= 11 is 0. The first-order valence-corrected chi connectivity index (χ1v) is 4.05. The number of benzene rings is 1. The molecule has 0 N–H and O–H groups in total. The van der Waals surface area contributed by atoms with Gasteiger partial charge in [0.2, 0.25) is 0 Å². The minimum absolute atomic E-state index is 0.0236. The van der Waals surface area contributed by atoms with E-state index in [0.717, 1.165) is 12.1 Å². The predicted molar refractivity (Wildman–Crippen MR) is 45.9 cm³/mol. The Kier molecular flexibility index (Phi) is 2.93. The third-order valence-corrected chi connectivity index (χ3v) is 1.98. The van der Waals surface area contributed by atoms with Crippen molar-refractivity contribution in [3.63, 3.8) is 0 Å². The minimum atomic E-state index is -4.34. The van der Waals surface area contributed by atoms with E-state index in [0.29, 0.717) is 17.4 Å². The van der Waals surface area contributed by atoms with E-state index in [4.69, 9.17) is 0 Å². The summed E-state index contributed by atoms with van der Waals surface area (Å²) in [7, 11) is 0. The summed E-state index contributed by atoms with van der Waals surface area (Å²) in [5.41, 5.74) is 0.417. The van der Waals surface area contributed by atoms with Gasteiger partial charge < -0.3 is 4.79 Å². The summed E-state index contributed by atoms with van der Waals surface area (Å²) in [5, 5.41) is 0. The topological polar surface area (TPSA) is 17.1 Å². The number of halogens is 3. The van der Waals surface area contributed by atoms with E-state index < -0.39 is 11.7 Å². The first-order chi connectivity index (χ1) is 6.45. The van der Waals surface area contributed by atoms with Crippen molar-refractivity contribution in [1.82, 2.24) is 0 Å². The summed E-state index contributed by atoms with van der Waals surface area (Å²) in [6.07, 6.45) is -3.72. The van der Waals surface area contributed by atoms with Gasteiger partial charge in [-0.15, -0.1) is 0 Å². The molecule has 0 unspecified atom stereocenters. The van der Waals surface area contributed by atoms with Gasteiger partial charge in [-0.25, -0.2) is 0 Å². The molecule has 0 saturated carbocycles. The van der Waals surface area contributed by atoms with Crippen LogP contribution in [-0.4, -0.2) is 6.29 Å². The molecule has 1 aromatic rings. The van der Waals surface area contributed by atoms with Gasteiger partial charge >= 0.3 is 6.18 Å². The smallest absolute Gasteiger partial charge is 0.303 e. The summed E-state index contributed by atoms with van der Waals surface area (Å²) in [6, 6.07) is 3.41. The molecule has 1 aromatic carbocycles. The summed E-state index contributed by atoms with van der Waals surface area (Å²) in [6.45, 7) is 1.68. The first kappa shape index (κ1) is 10.8. The Hall–Kier alpha value is -1.32. The predicted octanol–water partition coefficient (Wildman–Crippen LogP) is 2.76.